The predicted molar refractivity (Wildman–Crippen MR) is 115 cm³/mol. The lowest BCUT2D eigenvalue weighted by molar-refractivity contribution is -0.115. The molecule has 27 heavy (non-hydrogen) atoms. The summed E-state index contributed by atoms with van der Waals surface area (Å²) < 4.78 is 0. The summed E-state index contributed by atoms with van der Waals surface area (Å²) in [5.74, 6) is -0.123. The number of nitrogens with zero attached hydrogens (tertiary/aromatic N) is 2. The van der Waals surface area contributed by atoms with Gasteiger partial charge in [-0.1, -0.05) is 29.8 Å². The number of anilines is 1. The quantitative estimate of drug-likeness (QED) is 0.729. The zero-order valence-corrected chi connectivity index (χ0v) is 16.6. The zero-order valence-electron chi connectivity index (χ0n) is 15.0. The lowest BCUT2D eigenvalue weighted by atomic mass is 10.2. The first kappa shape index (κ1) is 18.1. The van der Waals surface area contributed by atoms with Gasteiger partial charge in [0.05, 0.1) is 10.6 Å². The van der Waals surface area contributed by atoms with Crippen LogP contribution >= 0.6 is 23.4 Å². The van der Waals surface area contributed by atoms with Crippen molar-refractivity contribution in [2.75, 3.05) is 18.0 Å². The SMILES string of the molecule is Cc1ccc(Cl)cc1N=C1NC(=O)/C(=C/c2ccc(N3CCCC3)cc2)S1. The molecular weight excluding hydrogens is 378 g/mol. The number of aliphatic imine (C=N–C) groups is 1. The number of amidine groups is 1. The second kappa shape index (κ2) is 7.79. The van der Waals surface area contributed by atoms with Crippen LogP contribution in [-0.2, 0) is 4.79 Å². The summed E-state index contributed by atoms with van der Waals surface area (Å²) >= 11 is 7.40. The number of halogens is 1. The van der Waals surface area contributed by atoms with Gasteiger partial charge in [0.15, 0.2) is 5.17 Å². The van der Waals surface area contributed by atoms with Gasteiger partial charge in [-0.15, -0.1) is 0 Å². The van der Waals surface area contributed by atoms with Crippen molar-refractivity contribution in [1.29, 1.82) is 0 Å². The van der Waals surface area contributed by atoms with Gasteiger partial charge in [-0.3, -0.25) is 4.79 Å². The Labute approximate surface area is 168 Å². The highest BCUT2D eigenvalue weighted by Crippen LogP contribution is 2.30. The van der Waals surface area contributed by atoms with Crippen LogP contribution in [0.3, 0.4) is 0 Å². The highest BCUT2D eigenvalue weighted by molar-refractivity contribution is 8.18. The second-order valence-electron chi connectivity index (χ2n) is 6.70. The van der Waals surface area contributed by atoms with Crippen LogP contribution in [0.2, 0.25) is 5.02 Å². The molecule has 0 aromatic heterocycles. The molecule has 2 aliphatic rings. The van der Waals surface area contributed by atoms with E-state index in [9.17, 15) is 4.79 Å². The molecule has 2 fully saturated rings. The van der Waals surface area contributed by atoms with Crippen molar-refractivity contribution in [3.63, 3.8) is 0 Å². The Morgan fingerprint density at radius 2 is 1.89 bits per heavy atom. The van der Waals surface area contributed by atoms with Crippen LogP contribution < -0.4 is 10.2 Å². The van der Waals surface area contributed by atoms with Gasteiger partial charge >= 0.3 is 0 Å². The number of benzene rings is 2. The first-order valence-corrected chi connectivity index (χ1v) is 10.2. The summed E-state index contributed by atoms with van der Waals surface area (Å²) in [7, 11) is 0. The van der Waals surface area contributed by atoms with Gasteiger partial charge in [0.2, 0.25) is 0 Å². The summed E-state index contributed by atoms with van der Waals surface area (Å²) in [6.45, 7) is 4.22. The maximum Gasteiger partial charge on any atom is 0.264 e. The summed E-state index contributed by atoms with van der Waals surface area (Å²) in [5, 5.41) is 4.03. The molecular formula is C21H20ClN3OS. The highest BCUT2D eigenvalue weighted by atomic mass is 35.5. The Balaban J connectivity index is 1.51. The molecule has 0 spiro atoms. The lowest BCUT2D eigenvalue weighted by Crippen LogP contribution is -2.19. The third-order valence-electron chi connectivity index (χ3n) is 4.71. The molecule has 0 bridgehead atoms. The molecule has 2 heterocycles. The summed E-state index contributed by atoms with van der Waals surface area (Å²) in [5.41, 5.74) is 4.03. The van der Waals surface area contributed by atoms with E-state index in [1.165, 1.54) is 30.3 Å². The predicted octanol–water partition coefficient (Wildman–Crippen LogP) is 5.14. The average molecular weight is 398 g/mol. The number of thioether (sulfide) groups is 1. The van der Waals surface area contributed by atoms with E-state index >= 15 is 0 Å². The Morgan fingerprint density at radius 3 is 2.63 bits per heavy atom. The largest absolute Gasteiger partial charge is 0.372 e. The van der Waals surface area contributed by atoms with Crippen LogP contribution in [0, 0.1) is 6.92 Å². The number of amides is 1. The molecule has 0 atom stereocenters. The maximum atomic E-state index is 12.3. The van der Waals surface area contributed by atoms with Gasteiger partial charge in [0.25, 0.3) is 5.91 Å². The number of hydrogen-bond acceptors (Lipinski definition) is 4. The smallest absolute Gasteiger partial charge is 0.264 e. The van der Waals surface area contributed by atoms with E-state index in [1.807, 2.05) is 25.1 Å². The molecule has 2 saturated heterocycles. The van der Waals surface area contributed by atoms with Gasteiger partial charge in [-0.25, -0.2) is 4.99 Å². The van der Waals surface area contributed by atoms with Crippen molar-refractivity contribution < 1.29 is 4.79 Å². The molecule has 0 radical (unpaired) electrons. The third kappa shape index (κ3) is 4.20. The van der Waals surface area contributed by atoms with E-state index in [0.717, 1.165) is 29.9 Å². The fourth-order valence-corrected chi connectivity index (χ4v) is 4.20. The molecule has 6 heteroatoms. The maximum absolute atomic E-state index is 12.3. The van der Waals surface area contributed by atoms with Crippen molar-refractivity contribution in [2.45, 2.75) is 19.8 Å². The van der Waals surface area contributed by atoms with Crippen LogP contribution in [0.4, 0.5) is 11.4 Å². The van der Waals surface area contributed by atoms with E-state index < -0.39 is 0 Å². The van der Waals surface area contributed by atoms with E-state index in [2.05, 4.69) is 39.5 Å². The molecule has 2 aromatic carbocycles. The Morgan fingerprint density at radius 1 is 1.15 bits per heavy atom. The van der Waals surface area contributed by atoms with Crippen LogP contribution in [0.25, 0.3) is 6.08 Å². The average Bonchev–Trinajstić information content (AvgIpc) is 3.30. The van der Waals surface area contributed by atoms with Gasteiger partial charge in [-0.2, -0.15) is 0 Å². The Kier molecular flexibility index (Phi) is 5.23. The molecule has 138 valence electrons. The van der Waals surface area contributed by atoms with Gasteiger partial charge < -0.3 is 10.2 Å². The van der Waals surface area contributed by atoms with Crippen molar-refractivity contribution in [1.82, 2.24) is 5.32 Å². The normalized spacial score (nSPS) is 19.9. The monoisotopic (exact) mass is 397 g/mol. The van der Waals surface area contributed by atoms with E-state index in [0.29, 0.717) is 15.1 Å². The van der Waals surface area contributed by atoms with Gasteiger partial charge in [-0.05, 0) is 73.0 Å². The number of aryl methyl sites for hydroxylation is 1. The van der Waals surface area contributed by atoms with Crippen molar-refractivity contribution in [3.8, 4) is 0 Å². The van der Waals surface area contributed by atoms with Crippen LogP contribution in [-0.4, -0.2) is 24.2 Å². The number of nitrogens with one attached hydrogen (secondary N) is 1. The fourth-order valence-electron chi connectivity index (χ4n) is 3.20. The minimum absolute atomic E-state index is 0.123. The Hall–Kier alpha value is -2.24. The number of hydrogen-bond donors (Lipinski definition) is 1. The van der Waals surface area contributed by atoms with Gasteiger partial charge in [0.1, 0.15) is 0 Å². The Bertz CT molecular complexity index is 931. The molecule has 1 amide bonds. The molecule has 4 nitrogen and oxygen atoms in total. The summed E-state index contributed by atoms with van der Waals surface area (Å²) in [6, 6.07) is 13.9. The molecule has 0 saturated carbocycles. The van der Waals surface area contributed by atoms with E-state index in [-0.39, 0.29) is 5.91 Å². The molecule has 1 N–H and O–H groups in total. The number of rotatable bonds is 3. The van der Waals surface area contributed by atoms with Gasteiger partial charge in [0, 0.05) is 23.8 Å². The minimum atomic E-state index is -0.123. The molecule has 0 aliphatic carbocycles. The van der Waals surface area contributed by atoms with E-state index in [4.69, 9.17) is 11.6 Å². The fraction of sp³-hybridized carbons (Fsp3) is 0.238. The highest BCUT2D eigenvalue weighted by Gasteiger charge is 2.24. The van der Waals surface area contributed by atoms with Crippen molar-refractivity contribution in [2.24, 2.45) is 4.99 Å². The number of carbonyl (C=O) groups is 1. The standard InChI is InChI=1S/C21H20ClN3OS/c1-14-4-7-16(22)13-18(14)23-21-24-20(26)19(27-21)12-15-5-8-17(9-6-15)25-10-2-3-11-25/h4-9,12-13H,2-3,10-11H2,1H3,(H,23,24,26)/b19-12-. The van der Waals surface area contributed by atoms with Crippen molar-refractivity contribution in [3.05, 3.63) is 63.5 Å². The van der Waals surface area contributed by atoms with Crippen LogP contribution in [0.1, 0.15) is 24.0 Å². The van der Waals surface area contributed by atoms with Crippen molar-refractivity contribution >= 4 is 51.9 Å². The topological polar surface area (TPSA) is 44.7 Å². The molecule has 4 rings (SSSR count). The lowest BCUT2D eigenvalue weighted by Gasteiger charge is -2.17. The second-order valence-corrected chi connectivity index (χ2v) is 8.17. The first-order valence-electron chi connectivity index (χ1n) is 8.99. The molecule has 2 aromatic rings. The summed E-state index contributed by atoms with van der Waals surface area (Å²) in [6.07, 6.45) is 4.43. The first-order chi connectivity index (χ1) is 13.1. The van der Waals surface area contributed by atoms with E-state index in [1.54, 1.807) is 6.07 Å². The molecule has 2 aliphatic heterocycles. The number of carbonyl (C=O) groups excluding carboxylic acids is 1. The summed E-state index contributed by atoms with van der Waals surface area (Å²) in [4.78, 5) is 19.9. The third-order valence-corrected chi connectivity index (χ3v) is 5.85. The van der Waals surface area contributed by atoms with Crippen LogP contribution in [0.15, 0.2) is 52.4 Å². The molecule has 0 unspecified atom stereocenters. The van der Waals surface area contributed by atoms with Crippen LogP contribution in [0.5, 0.6) is 0 Å². The zero-order chi connectivity index (χ0) is 18.8. The minimum Gasteiger partial charge on any atom is -0.372 e.